The van der Waals surface area contributed by atoms with Crippen molar-refractivity contribution in [2.24, 2.45) is 50.2 Å². The van der Waals surface area contributed by atoms with E-state index < -0.39 is 157 Å². The Morgan fingerprint density at radius 3 is 2.03 bits per heavy atom. The van der Waals surface area contributed by atoms with E-state index in [2.05, 4.69) is 40.7 Å². The number of aliphatic hydroxyl groups excluding tert-OH is 8. The molecule has 9 aliphatic rings. The minimum atomic E-state index is -2.07. The van der Waals surface area contributed by atoms with Gasteiger partial charge in [-0.05, 0) is 72.5 Å². The molecule has 22 nitrogen and oxygen atoms in total. The molecule has 4 saturated heterocycles. The zero-order valence-corrected chi connectivity index (χ0v) is 42.7. The molecular weight excluding hydrogens is 965 g/mol. The summed E-state index contributed by atoms with van der Waals surface area (Å²) in [6, 6.07) is 0. The van der Waals surface area contributed by atoms with Gasteiger partial charge in [0.25, 0.3) is 0 Å². The van der Waals surface area contributed by atoms with E-state index in [0.29, 0.717) is 32.1 Å². The molecule has 8 fully saturated rings. The Balaban J connectivity index is 0.992. The summed E-state index contributed by atoms with van der Waals surface area (Å²) in [5, 5.41) is 96.3. The molecule has 25 atom stereocenters. The molecule has 0 aromatic rings. The largest absolute Gasteiger partial charge is 0.479 e. The van der Waals surface area contributed by atoms with E-state index in [0.717, 1.165) is 18.4 Å². The van der Waals surface area contributed by atoms with Crippen LogP contribution in [0.4, 0.5) is 0 Å². The molecule has 4 aliphatic heterocycles. The Hall–Kier alpha value is -2.94. The molecule has 0 radical (unpaired) electrons. The van der Waals surface area contributed by atoms with Crippen LogP contribution in [0.1, 0.15) is 107 Å². The Bertz CT molecular complexity index is 2170. The molecule has 0 unspecified atom stereocenters. The highest BCUT2D eigenvalue weighted by atomic mass is 16.8. The van der Waals surface area contributed by atoms with Gasteiger partial charge in [-0.25, -0.2) is 4.79 Å². The number of hydrogen-bond acceptors (Lipinski definition) is 21. The molecule has 4 saturated carbocycles. The Morgan fingerprint density at radius 2 is 1.38 bits per heavy atom. The zero-order chi connectivity index (χ0) is 53.3. The molecule has 4 heterocycles. The summed E-state index contributed by atoms with van der Waals surface area (Å²) in [6.45, 7) is 14.4. The third-order valence-electron chi connectivity index (χ3n) is 20.1. The number of aliphatic carboxylic acids is 1. The maximum absolute atomic E-state index is 14.4. The van der Waals surface area contributed by atoms with Crippen molar-refractivity contribution in [1.82, 2.24) is 0 Å². The van der Waals surface area contributed by atoms with Crippen LogP contribution in [0.25, 0.3) is 0 Å². The first-order chi connectivity index (χ1) is 34.1. The van der Waals surface area contributed by atoms with Gasteiger partial charge >= 0.3 is 23.9 Å². The highest BCUT2D eigenvalue weighted by molar-refractivity contribution is 5.82. The second kappa shape index (κ2) is 19.2. The molecule has 0 amide bonds. The number of carboxylic acid groups (broad SMARTS) is 1. The summed E-state index contributed by atoms with van der Waals surface area (Å²) >= 11 is 0. The second-order valence-corrected chi connectivity index (χ2v) is 24.3. The average molecular weight is 1040 g/mol. The maximum Gasteiger partial charge on any atom is 0.335 e. The summed E-state index contributed by atoms with van der Waals surface area (Å²) in [5.74, 6) is -3.02. The first kappa shape index (κ1) is 54.8. The number of allylic oxidation sites excluding steroid dienone is 1. The van der Waals surface area contributed by atoms with Crippen molar-refractivity contribution < 1.29 is 108 Å². The minimum absolute atomic E-state index is 0.0127. The molecule has 0 aromatic heterocycles. The Morgan fingerprint density at radius 1 is 0.726 bits per heavy atom. The molecule has 412 valence electrons. The standard InChI is InChI=1S/C51H76O22/c1-21(53)66-20-47(5)15-24-23-9-10-28-48(6)13-12-29(46(3,4)27(48)11-14-49(28,7)50(23,8)31-17-51(24,45(64)70-31)16-30(47)67-22(2)54)69-44-40(36(60)35(59)38(71-44)41(62)63)73-43-39(34(58)33(57)26(18-52)68-43)72-42-37(61)32(56)25(55)19-65-42/h9,24-40,42-44,52,55-61H,10-20H2,1-8H3,(H,62,63)/t24-,25+,26+,27-,28+,29-,30-,31+,32-,33+,34-,35-,36-,37+,38-,39+,40+,42-,43-,44+,47-,48-,49+,50-,51-/m0/s1. The van der Waals surface area contributed by atoms with Gasteiger partial charge in [-0.15, -0.1) is 0 Å². The first-order valence-corrected chi connectivity index (χ1v) is 25.8. The van der Waals surface area contributed by atoms with Crippen LogP contribution in [0.2, 0.25) is 0 Å². The lowest BCUT2D eigenvalue weighted by molar-refractivity contribution is -0.392. The monoisotopic (exact) mass is 1040 g/mol. The van der Waals surface area contributed by atoms with Crippen molar-refractivity contribution in [3.63, 3.8) is 0 Å². The SMILES string of the molecule is CC(=O)OC[C@]1(C)C[C@H]2C3=CC[C@@H]4[C@@]5(C)CC[C@H](O[C@@H]6O[C@H](C(=O)O)[C@@H](O)[C@H](O)[C@H]6O[C@@H]6O[C@H](CO)[C@@H](O)[C@H](O)[C@H]6O[C@@H]6OC[C@@H](O)[C@H](O)[C@H]6O)C(C)(C)[C@@H]5CC[C@@]4(C)[C@]3(C)[C@H]3C[C@]2(C[C@@H]1OC(C)=O)C(=O)O3. The number of rotatable bonds is 11. The predicted octanol–water partition coefficient (Wildman–Crippen LogP) is -0.0269. The van der Waals surface area contributed by atoms with E-state index in [1.807, 2.05) is 6.92 Å². The Labute approximate surface area is 423 Å². The number of aliphatic hydroxyl groups is 8. The lowest BCUT2D eigenvalue weighted by Gasteiger charge is -2.71. The molecule has 22 heteroatoms. The van der Waals surface area contributed by atoms with Crippen LogP contribution in [0.3, 0.4) is 0 Å². The number of carboxylic acids is 1. The number of carbonyl (C=O) groups excluding carboxylic acids is 3. The zero-order valence-electron chi connectivity index (χ0n) is 42.7. The van der Waals surface area contributed by atoms with E-state index in [9.17, 15) is 65.1 Å². The molecule has 73 heavy (non-hydrogen) atoms. The van der Waals surface area contributed by atoms with E-state index in [4.69, 9.17) is 42.6 Å². The van der Waals surface area contributed by atoms with Gasteiger partial charge in [-0.1, -0.05) is 53.2 Å². The van der Waals surface area contributed by atoms with Gasteiger partial charge in [-0.2, -0.15) is 0 Å². The fraction of sp³-hybridized carbons (Fsp3) is 0.882. The maximum atomic E-state index is 14.4. The third kappa shape index (κ3) is 8.51. The van der Waals surface area contributed by atoms with Crippen LogP contribution < -0.4 is 0 Å². The summed E-state index contributed by atoms with van der Waals surface area (Å²) in [6.07, 6.45) is -20.3. The van der Waals surface area contributed by atoms with Crippen molar-refractivity contribution in [3.8, 4) is 0 Å². The topological polar surface area (TPSA) is 333 Å². The van der Waals surface area contributed by atoms with E-state index in [-0.39, 0.29) is 47.6 Å². The third-order valence-corrected chi connectivity index (χ3v) is 20.1. The number of ether oxygens (including phenoxy) is 9. The van der Waals surface area contributed by atoms with Crippen molar-refractivity contribution in [1.29, 1.82) is 0 Å². The minimum Gasteiger partial charge on any atom is -0.479 e. The van der Waals surface area contributed by atoms with Crippen LogP contribution in [0, 0.1) is 50.2 Å². The van der Waals surface area contributed by atoms with Gasteiger partial charge < -0.3 is 88.6 Å². The summed E-state index contributed by atoms with van der Waals surface area (Å²) < 4.78 is 54.1. The highest BCUT2D eigenvalue weighted by Gasteiger charge is 2.76. The van der Waals surface area contributed by atoms with Crippen molar-refractivity contribution in [2.75, 3.05) is 19.8 Å². The van der Waals surface area contributed by atoms with E-state index >= 15 is 0 Å². The lowest BCUT2D eigenvalue weighted by atomic mass is 9.33. The fourth-order valence-electron chi connectivity index (χ4n) is 15.9. The number of esters is 3. The first-order valence-electron chi connectivity index (χ1n) is 25.8. The van der Waals surface area contributed by atoms with Crippen LogP contribution in [-0.4, -0.2) is 194 Å². The van der Waals surface area contributed by atoms with Crippen molar-refractivity contribution >= 4 is 23.9 Å². The second-order valence-electron chi connectivity index (χ2n) is 24.3. The number of hydrogen-bond donors (Lipinski definition) is 9. The summed E-state index contributed by atoms with van der Waals surface area (Å²) in [7, 11) is 0. The van der Waals surface area contributed by atoms with Gasteiger partial charge in [0.1, 0.15) is 79.9 Å². The van der Waals surface area contributed by atoms with Gasteiger partial charge in [0.2, 0.25) is 0 Å². The van der Waals surface area contributed by atoms with Crippen molar-refractivity contribution in [2.45, 2.75) is 211 Å². The van der Waals surface area contributed by atoms with Gasteiger partial charge in [0, 0.05) is 37.5 Å². The van der Waals surface area contributed by atoms with Crippen LogP contribution in [0.5, 0.6) is 0 Å². The molecule has 1 spiro atoms. The number of carbonyl (C=O) groups is 4. The number of fused-ring (bicyclic) bond motifs is 8. The summed E-state index contributed by atoms with van der Waals surface area (Å²) in [5.41, 5.74) is -2.51. The Kier molecular flexibility index (Phi) is 14.4. The molecular formula is C51H76O22. The van der Waals surface area contributed by atoms with E-state index in [1.165, 1.54) is 13.8 Å². The molecule has 0 aromatic carbocycles. The van der Waals surface area contributed by atoms with Gasteiger partial charge in [0.05, 0.1) is 24.7 Å². The van der Waals surface area contributed by atoms with Crippen LogP contribution >= 0.6 is 0 Å². The fourth-order valence-corrected chi connectivity index (χ4v) is 15.9. The van der Waals surface area contributed by atoms with Crippen molar-refractivity contribution in [3.05, 3.63) is 11.6 Å². The van der Waals surface area contributed by atoms with Gasteiger partial charge in [-0.3, -0.25) is 14.4 Å². The van der Waals surface area contributed by atoms with Gasteiger partial charge in [0.15, 0.2) is 25.0 Å². The molecule has 5 aliphatic carbocycles. The summed E-state index contributed by atoms with van der Waals surface area (Å²) in [4.78, 5) is 51.6. The van der Waals surface area contributed by atoms with Crippen LogP contribution in [0.15, 0.2) is 11.6 Å². The normalized spacial score (nSPS) is 52.0. The average Bonchev–Trinajstić information content (AvgIpc) is 3.62. The lowest BCUT2D eigenvalue weighted by Crippen LogP contribution is -2.68. The molecule has 2 bridgehead atoms. The van der Waals surface area contributed by atoms with Crippen LogP contribution in [-0.2, 0) is 61.8 Å². The van der Waals surface area contributed by atoms with E-state index in [1.54, 1.807) is 0 Å². The smallest absolute Gasteiger partial charge is 0.335 e. The molecule has 9 N–H and O–H groups in total. The molecule has 9 rings (SSSR count). The predicted molar refractivity (Wildman–Crippen MR) is 245 cm³/mol. The highest BCUT2D eigenvalue weighted by Crippen LogP contribution is 2.77. The quantitative estimate of drug-likeness (QED) is 0.0568.